The summed E-state index contributed by atoms with van der Waals surface area (Å²) in [6.07, 6.45) is 1.98. The SMILES string of the molecule is CSc1ncc(Cl)c(C(=O)O[C@H](C)C(=O)c2[nH]c(C)c(C(C)=O)c2C)n1. The molecule has 2 aromatic heterocycles. The number of carbonyl (C=O) groups is 3. The Kier molecular flexibility index (Phi) is 6.20. The number of Topliss-reactive ketones (excluding diaryl/α,β-unsaturated/α-hetero) is 2. The van der Waals surface area contributed by atoms with Crippen molar-refractivity contribution in [1.29, 1.82) is 0 Å². The fraction of sp³-hybridized carbons (Fsp3) is 0.353. The largest absolute Gasteiger partial charge is 0.449 e. The standard InChI is InChI=1S/C17H18ClN3O4S/c1-7-12(9(3)22)8(2)20-13(7)15(23)10(4)25-16(24)14-11(18)6-19-17(21-14)26-5/h6,10,20H,1-5H3/t10-/m1/s1. The molecular formula is C17H18ClN3O4S. The van der Waals surface area contributed by atoms with Crippen LogP contribution in [0, 0.1) is 13.8 Å². The number of ketones is 2. The third kappa shape index (κ3) is 3.96. The van der Waals surface area contributed by atoms with Gasteiger partial charge in [-0.05, 0) is 39.5 Å². The number of rotatable bonds is 6. The van der Waals surface area contributed by atoms with Crippen molar-refractivity contribution in [2.75, 3.05) is 6.26 Å². The number of H-pyrrole nitrogens is 1. The maximum atomic E-state index is 12.6. The van der Waals surface area contributed by atoms with E-state index in [1.165, 1.54) is 31.8 Å². The van der Waals surface area contributed by atoms with Crippen LogP contribution in [0.2, 0.25) is 5.02 Å². The lowest BCUT2D eigenvalue weighted by molar-refractivity contribution is 0.0310. The maximum Gasteiger partial charge on any atom is 0.359 e. The molecule has 0 aliphatic rings. The number of aromatic nitrogens is 3. The summed E-state index contributed by atoms with van der Waals surface area (Å²) < 4.78 is 5.22. The first-order valence-corrected chi connectivity index (χ1v) is 9.29. The summed E-state index contributed by atoms with van der Waals surface area (Å²) >= 11 is 7.20. The number of esters is 1. The molecule has 1 atom stereocenters. The zero-order chi connectivity index (χ0) is 19.6. The van der Waals surface area contributed by atoms with Gasteiger partial charge in [0.25, 0.3) is 0 Å². The van der Waals surface area contributed by atoms with Crippen LogP contribution in [-0.4, -0.2) is 44.8 Å². The lowest BCUT2D eigenvalue weighted by Gasteiger charge is -2.12. The zero-order valence-corrected chi connectivity index (χ0v) is 16.5. The molecule has 0 spiro atoms. The Balaban J connectivity index is 2.24. The van der Waals surface area contributed by atoms with E-state index < -0.39 is 17.9 Å². The van der Waals surface area contributed by atoms with Crippen molar-refractivity contribution in [2.45, 2.75) is 39.0 Å². The maximum absolute atomic E-state index is 12.6. The molecule has 26 heavy (non-hydrogen) atoms. The minimum Gasteiger partial charge on any atom is -0.449 e. The molecule has 7 nitrogen and oxygen atoms in total. The lowest BCUT2D eigenvalue weighted by atomic mass is 10.0. The van der Waals surface area contributed by atoms with Crippen LogP contribution in [0.25, 0.3) is 0 Å². The van der Waals surface area contributed by atoms with E-state index in [2.05, 4.69) is 15.0 Å². The molecule has 2 aromatic rings. The van der Waals surface area contributed by atoms with Crippen LogP contribution in [0.4, 0.5) is 0 Å². The van der Waals surface area contributed by atoms with Gasteiger partial charge >= 0.3 is 5.97 Å². The monoisotopic (exact) mass is 395 g/mol. The number of hydrogen-bond acceptors (Lipinski definition) is 7. The Morgan fingerprint density at radius 1 is 1.31 bits per heavy atom. The van der Waals surface area contributed by atoms with E-state index in [9.17, 15) is 14.4 Å². The summed E-state index contributed by atoms with van der Waals surface area (Å²) in [7, 11) is 0. The molecule has 0 fully saturated rings. The lowest BCUT2D eigenvalue weighted by Crippen LogP contribution is -2.26. The second kappa shape index (κ2) is 8.01. The zero-order valence-electron chi connectivity index (χ0n) is 15.0. The Labute approximate surface area is 159 Å². The second-order valence-corrected chi connectivity index (χ2v) is 6.83. The van der Waals surface area contributed by atoms with Crippen molar-refractivity contribution in [2.24, 2.45) is 0 Å². The quantitative estimate of drug-likeness (QED) is 0.346. The number of nitrogens with zero attached hydrogens (tertiary/aromatic N) is 2. The van der Waals surface area contributed by atoms with Crippen molar-refractivity contribution in [3.63, 3.8) is 0 Å². The number of carbonyl (C=O) groups excluding carboxylic acids is 3. The van der Waals surface area contributed by atoms with E-state index in [1.807, 2.05) is 0 Å². The third-order valence-electron chi connectivity index (χ3n) is 3.79. The van der Waals surface area contributed by atoms with E-state index in [0.29, 0.717) is 22.0 Å². The normalized spacial score (nSPS) is 11.9. The number of halogens is 1. The summed E-state index contributed by atoms with van der Waals surface area (Å²) in [5.41, 5.74) is 1.74. The third-order valence-corrected chi connectivity index (χ3v) is 4.63. The van der Waals surface area contributed by atoms with Gasteiger partial charge in [-0.25, -0.2) is 14.8 Å². The summed E-state index contributed by atoms with van der Waals surface area (Å²) in [5.74, 6) is -1.40. The summed E-state index contributed by atoms with van der Waals surface area (Å²) in [6.45, 7) is 6.27. The van der Waals surface area contributed by atoms with Crippen LogP contribution in [0.5, 0.6) is 0 Å². The van der Waals surface area contributed by atoms with Crippen LogP contribution in [0.3, 0.4) is 0 Å². The van der Waals surface area contributed by atoms with Gasteiger partial charge in [0.15, 0.2) is 22.7 Å². The second-order valence-electron chi connectivity index (χ2n) is 5.65. The Bertz CT molecular complexity index is 894. The molecule has 0 aromatic carbocycles. The Hall–Kier alpha value is -2.19. The van der Waals surface area contributed by atoms with E-state index in [4.69, 9.17) is 16.3 Å². The van der Waals surface area contributed by atoms with Gasteiger partial charge in [-0.3, -0.25) is 9.59 Å². The highest BCUT2D eigenvalue weighted by molar-refractivity contribution is 7.98. The fourth-order valence-electron chi connectivity index (χ4n) is 2.59. The number of aromatic amines is 1. The van der Waals surface area contributed by atoms with E-state index >= 15 is 0 Å². The fourth-order valence-corrected chi connectivity index (χ4v) is 3.10. The topological polar surface area (TPSA) is 102 Å². The van der Waals surface area contributed by atoms with Crippen molar-refractivity contribution >= 4 is 40.9 Å². The van der Waals surface area contributed by atoms with Gasteiger partial charge in [0.1, 0.15) is 0 Å². The molecule has 0 unspecified atom stereocenters. The van der Waals surface area contributed by atoms with Gasteiger partial charge < -0.3 is 9.72 Å². The molecule has 1 N–H and O–H groups in total. The highest BCUT2D eigenvalue weighted by Crippen LogP contribution is 2.22. The molecule has 0 bridgehead atoms. The van der Waals surface area contributed by atoms with Crippen LogP contribution in [0.1, 0.15) is 56.4 Å². The van der Waals surface area contributed by atoms with Gasteiger partial charge in [0, 0.05) is 11.3 Å². The summed E-state index contributed by atoms with van der Waals surface area (Å²) in [5, 5.41) is 0.403. The van der Waals surface area contributed by atoms with Crippen LogP contribution in [-0.2, 0) is 4.74 Å². The van der Waals surface area contributed by atoms with E-state index in [0.717, 1.165) is 0 Å². The number of nitrogens with one attached hydrogen (secondary N) is 1. The summed E-state index contributed by atoms with van der Waals surface area (Å²) in [4.78, 5) is 47.5. The van der Waals surface area contributed by atoms with E-state index in [1.54, 1.807) is 20.1 Å². The summed E-state index contributed by atoms with van der Waals surface area (Å²) in [6, 6.07) is 0. The van der Waals surface area contributed by atoms with Crippen molar-refractivity contribution in [1.82, 2.24) is 15.0 Å². The van der Waals surface area contributed by atoms with Gasteiger partial charge in [-0.2, -0.15) is 0 Å². The van der Waals surface area contributed by atoms with Gasteiger partial charge in [0.05, 0.1) is 16.9 Å². The smallest absolute Gasteiger partial charge is 0.359 e. The minimum absolute atomic E-state index is 0.0400. The molecule has 0 saturated heterocycles. The van der Waals surface area contributed by atoms with Gasteiger partial charge in [0.2, 0.25) is 5.78 Å². The molecule has 2 heterocycles. The molecule has 0 radical (unpaired) electrons. The van der Waals surface area contributed by atoms with Crippen molar-refractivity contribution in [3.05, 3.63) is 39.4 Å². The Morgan fingerprint density at radius 3 is 2.50 bits per heavy atom. The molecular weight excluding hydrogens is 378 g/mol. The van der Waals surface area contributed by atoms with E-state index in [-0.39, 0.29) is 22.2 Å². The first-order valence-electron chi connectivity index (χ1n) is 7.69. The van der Waals surface area contributed by atoms with Crippen LogP contribution >= 0.6 is 23.4 Å². The number of ether oxygens (including phenoxy) is 1. The molecule has 0 aliphatic heterocycles. The van der Waals surface area contributed by atoms with Crippen LogP contribution < -0.4 is 0 Å². The van der Waals surface area contributed by atoms with Gasteiger partial charge in [-0.1, -0.05) is 23.4 Å². The van der Waals surface area contributed by atoms with Gasteiger partial charge in [-0.15, -0.1) is 0 Å². The highest BCUT2D eigenvalue weighted by atomic mass is 35.5. The number of hydrogen-bond donors (Lipinski definition) is 1. The molecule has 138 valence electrons. The highest BCUT2D eigenvalue weighted by Gasteiger charge is 2.27. The predicted octanol–water partition coefficient (Wildman–Crippen LogP) is 3.43. The first-order chi connectivity index (χ1) is 12.2. The number of thioether (sulfide) groups is 1. The van der Waals surface area contributed by atoms with Crippen LogP contribution in [0.15, 0.2) is 11.4 Å². The average Bonchev–Trinajstić information content (AvgIpc) is 2.88. The minimum atomic E-state index is -1.08. The Morgan fingerprint density at radius 2 is 1.96 bits per heavy atom. The predicted molar refractivity (Wildman–Crippen MR) is 98.3 cm³/mol. The van der Waals surface area contributed by atoms with Crippen molar-refractivity contribution < 1.29 is 19.1 Å². The molecule has 9 heteroatoms. The number of aryl methyl sites for hydroxylation is 1. The van der Waals surface area contributed by atoms with Crippen molar-refractivity contribution in [3.8, 4) is 0 Å². The molecule has 2 rings (SSSR count). The average molecular weight is 396 g/mol. The first kappa shape index (κ1) is 20.1. The molecule has 0 amide bonds. The molecule has 0 aliphatic carbocycles. The molecule has 0 saturated carbocycles.